The van der Waals surface area contributed by atoms with Crippen LogP contribution in [-0.2, 0) is 11.8 Å². The van der Waals surface area contributed by atoms with Crippen LogP contribution in [0.4, 0.5) is 5.69 Å². The van der Waals surface area contributed by atoms with Gasteiger partial charge in [0.25, 0.3) is 0 Å². The molecular formula is C18H16ClN3O. The molecule has 23 heavy (non-hydrogen) atoms. The monoisotopic (exact) mass is 325 g/mol. The summed E-state index contributed by atoms with van der Waals surface area (Å²) in [6.45, 7) is 0.611. The van der Waals surface area contributed by atoms with Gasteiger partial charge in [0.15, 0.2) is 0 Å². The molecule has 1 fully saturated rings. The quantitative estimate of drug-likeness (QED) is 0.719. The Bertz CT molecular complexity index is 902. The molecular weight excluding hydrogens is 310 g/mol. The van der Waals surface area contributed by atoms with Crippen LogP contribution in [0.15, 0.2) is 48.5 Å². The van der Waals surface area contributed by atoms with Crippen molar-refractivity contribution in [1.82, 2.24) is 9.55 Å². The molecule has 0 spiro atoms. The number of benzene rings is 2. The Morgan fingerprint density at radius 1 is 1.13 bits per heavy atom. The number of halogens is 1. The zero-order valence-corrected chi connectivity index (χ0v) is 13.5. The maximum absolute atomic E-state index is 12.5. The third-order valence-corrected chi connectivity index (χ3v) is 4.77. The summed E-state index contributed by atoms with van der Waals surface area (Å²) >= 11 is 6.24. The number of hydrogen-bond donors (Lipinski definition) is 0. The standard InChI is InChI=1S/C18H16ClN3O/c1-21-16-9-5-3-7-14(16)20-18(21)12-10-17(23)22(11-12)15-8-4-2-6-13(15)19/h2-9,12H,10-11H2,1H3/t12-/m1/s1. The zero-order chi connectivity index (χ0) is 16.0. The normalized spacial score (nSPS) is 18.1. The van der Waals surface area contributed by atoms with Crippen LogP contribution in [0.2, 0.25) is 5.02 Å². The number of nitrogens with zero attached hydrogens (tertiary/aromatic N) is 3. The van der Waals surface area contributed by atoms with Gasteiger partial charge in [0.2, 0.25) is 5.91 Å². The van der Waals surface area contributed by atoms with Gasteiger partial charge in [-0.25, -0.2) is 4.98 Å². The van der Waals surface area contributed by atoms with Gasteiger partial charge >= 0.3 is 0 Å². The second kappa shape index (κ2) is 5.39. The van der Waals surface area contributed by atoms with Crippen LogP contribution < -0.4 is 4.90 Å². The molecule has 116 valence electrons. The predicted molar refractivity (Wildman–Crippen MR) is 91.9 cm³/mol. The van der Waals surface area contributed by atoms with Gasteiger partial charge < -0.3 is 9.47 Å². The Morgan fingerprint density at radius 2 is 1.87 bits per heavy atom. The number of imidazole rings is 1. The molecule has 4 nitrogen and oxygen atoms in total. The van der Waals surface area contributed by atoms with Gasteiger partial charge in [0.05, 0.1) is 21.7 Å². The minimum absolute atomic E-state index is 0.0798. The minimum atomic E-state index is 0.0798. The molecule has 4 rings (SSSR count). The molecule has 2 heterocycles. The second-order valence-electron chi connectivity index (χ2n) is 5.87. The van der Waals surface area contributed by atoms with Crippen LogP contribution in [0.3, 0.4) is 0 Å². The van der Waals surface area contributed by atoms with Crippen molar-refractivity contribution in [3.63, 3.8) is 0 Å². The molecule has 0 radical (unpaired) electrons. The maximum Gasteiger partial charge on any atom is 0.227 e. The van der Waals surface area contributed by atoms with Crippen LogP contribution in [0.1, 0.15) is 18.2 Å². The van der Waals surface area contributed by atoms with Crippen molar-refractivity contribution in [2.24, 2.45) is 7.05 Å². The Labute approximate surface area is 139 Å². The van der Waals surface area contributed by atoms with Gasteiger partial charge in [-0.15, -0.1) is 0 Å². The van der Waals surface area contributed by atoms with Gasteiger partial charge in [-0.3, -0.25) is 4.79 Å². The Kier molecular flexibility index (Phi) is 3.34. The second-order valence-corrected chi connectivity index (χ2v) is 6.28. The van der Waals surface area contributed by atoms with E-state index in [4.69, 9.17) is 16.6 Å². The van der Waals surface area contributed by atoms with Crippen molar-refractivity contribution >= 4 is 34.2 Å². The molecule has 1 saturated heterocycles. The van der Waals surface area contributed by atoms with Crippen LogP contribution in [0.5, 0.6) is 0 Å². The van der Waals surface area contributed by atoms with Gasteiger partial charge in [-0.05, 0) is 24.3 Å². The summed E-state index contributed by atoms with van der Waals surface area (Å²) < 4.78 is 2.09. The van der Waals surface area contributed by atoms with E-state index in [1.165, 1.54) is 0 Å². The van der Waals surface area contributed by atoms with E-state index in [9.17, 15) is 4.79 Å². The van der Waals surface area contributed by atoms with E-state index >= 15 is 0 Å². The molecule has 2 aromatic carbocycles. The lowest BCUT2D eigenvalue weighted by Crippen LogP contribution is -2.24. The van der Waals surface area contributed by atoms with E-state index in [1.54, 1.807) is 4.90 Å². The lowest BCUT2D eigenvalue weighted by molar-refractivity contribution is -0.117. The van der Waals surface area contributed by atoms with Gasteiger partial charge in [0.1, 0.15) is 5.82 Å². The molecule has 0 aliphatic carbocycles. The van der Waals surface area contributed by atoms with E-state index in [1.807, 2.05) is 49.5 Å². The number of anilines is 1. The largest absolute Gasteiger partial charge is 0.331 e. The van der Waals surface area contributed by atoms with Crippen molar-refractivity contribution in [2.75, 3.05) is 11.4 Å². The highest BCUT2D eigenvalue weighted by Gasteiger charge is 2.35. The van der Waals surface area contributed by atoms with Crippen LogP contribution in [-0.4, -0.2) is 22.0 Å². The summed E-state index contributed by atoms with van der Waals surface area (Å²) in [6, 6.07) is 15.5. The van der Waals surface area contributed by atoms with Crippen molar-refractivity contribution in [2.45, 2.75) is 12.3 Å². The lowest BCUT2D eigenvalue weighted by Gasteiger charge is -2.18. The molecule has 1 amide bonds. The summed E-state index contributed by atoms with van der Waals surface area (Å²) in [5, 5.41) is 0.603. The third kappa shape index (κ3) is 2.30. The first-order valence-corrected chi connectivity index (χ1v) is 7.99. The fraction of sp³-hybridized carbons (Fsp3) is 0.222. The summed E-state index contributed by atoms with van der Waals surface area (Å²) in [6.07, 6.45) is 0.461. The summed E-state index contributed by atoms with van der Waals surface area (Å²) in [5.41, 5.74) is 2.83. The van der Waals surface area contributed by atoms with E-state index in [-0.39, 0.29) is 11.8 Å². The summed E-state index contributed by atoms with van der Waals surface area (Å²) in [4.78, 5) is 19.0. The summed E-state index contributed by atoms with van der Waals surface area (Å²) in [5.74, 6) is 1.13. The average molecular weight is 326 g/mol. The molecule has 0 unspecified atom stereocenters. The number of rotatable bonds is 2. The van der Waals surface area contributed by atoms with E-state index < -0.39 is 0 Å². The highest BCUT2D eigenvalue weighted by molar-refractivity contribution is 6.33. The van der Waals surface area contributed by atoms with E-state index in [0.29, 0.717) is 18.0 Å². The van der Waals surface area contributed by atoms with Crippen LogP contribution >= 0.6 is 11.6 Å². The molecule has 1 aliphatic heterocycles. The molecule has 0 bridgehead atoms. The van der Waals surface area contributed by atoms with Gasteiger partial charge in [-0.1, -0.05) is 35.9 Å². The minimum Gasteiger partial charge on any atom is -0.331 e. The fourth-order valence-corrected chi connectivity index (χ4v) is 3.55. The first kappa shape index (κ1) is 14.3. The molecule has 5 heteroatoms. The molecule has 1 atom stereocenters. The number of carbonyl (C=O) groups is 1. The van der Waals surface area contributed by atoms with Crippen LogP contribution in [0, 0.1) is 0 Å². The van der Waals surface area contributed by atoms with Crippen molar-refractivity contribution in [3.05, 3.63) is 59.4 Å². The van der Waals surface area contributed by atoms with Gasteiger partial charge in [-0.2, -0.15) is 0 Å². The Hall–Kier alpha value is -2.33. The van der Waals surface area contributed by atoms with Crippen LogP contribution in [0.25, 0.3) is 11.0 Å². The molecule has 1 aromatic heterocycles. The molecule has 3 aromatic rings. The third-order valence-electron chi connectivity index (χ3n) is 4.46. The van der Waals surface area contributed by atoms with E-state index in [0.717, 1.165) is 22.5 Å². The highest BCUT2D eigenvalue weighted by atomic mass is 35.5. The number of fused-ring (bicyclic) bond motifs is 1. The Morgan fingerprint density at radius 3 is 2.65 bits per heavy atom. The average Bonchev–Trinajstić information content (AvgIpc) is 3.09. The Balaban J connectivity index is 1.70. The number of amides is 1. The topological polar surface area (TPSA) is 38.1 Å². The number of aryl methyl sites for hydroxylation is 1. The first-order chi connectivity index (χ1) is 11.1. The van der Waals surface area contributed by atoms with Crippen molar-refractivity contribution in [3.8, 4) is 0 Å². The number of aromatic nitrogens is 2. The number of carbonyl (C=O) groups excluding carboxylic acids is 1. The predicted octanol–water partition coefficient (Wildman–Crippen LogP) is 3.75. The highest BCUT2D eigenvalue weighted by Crippen LogP contribution is 2.35. The zero-order valence-electron chi connectivity index (χ0n) is 12.7. The molecule has 0 N–H and O–H groups in total. The fourth-order valence-electron chi connectivity index (χ4n) is 3.31. The molecule has 0 saturated carbocycles. The lowest BCUT2D eigenvalue weighted by atomic mass is 10.1. The van der Waals surface area contributed by atoms with Crippen molar-refractivity contribution in [1.29, 1.82) is 0 Å². The van der Waals surface area contributed by atoms with Gasteiger partial charge in [0, 0.05) is 25.9 Å². The first-order valence-electron chi connectivity index (χ1n) is 7.61. The van der Waals surface area contributed by atoms with Crippen molar-refractivity contribution < 1.29 is 4.79 Å². The smallest absolute Gasteiger partial charge is 0.227 e. The molecule has 1 aliphatic rings. The number of para-hydroxylation sites is 3. The maximum atomic E-state index is 12.5. The summed E-state index contributed by atoms with van der Waals surface area (Å²) in [7, 11) is 2.01. The number of hydrogen-bond acceptors (Lipinski definition) is 2. The SMILES string of the molecule is Cn1c([C@@H]2CC(=O)N(c3ccccc3Cl)C2)nc2ccccc21. The van der Waals surface area contributed by atoms with E-state index in [2.05, 4.69) is 10.6 Å².